The maximum absolute atomic E-state index is 13.8. The summed E-state index contributed by atoms with van der Waals surface area (Å²) in [6.07, 6.45) is 3.56. The Morgan fingerprint density at radius 2 is 1.85 bits per heavy atom. The Hall–Kier alpha value is -3.45. The molecule has 0 fully saturated rings. The first-order chi connectivity index (χ1) is 18.3. The summed E-state index contributed by atoms with van der Waals surface area (Å²) in [4.78, 5) is 50.5. The molecule has 39 heavy (non-hydrogen) atoms. The van der Waals surface area contributed by atoms with Crippen molar-refractivity contribution in [3.05, 3.63) is 68.6 Å². The zero-order chi connectivity index (χ0) is 28.7. The van der Waals surface area contributed by atoms with Crippen LogP contribution in [0.4, 0.5) is 8.78 Å². The van der Waals surface area contributed by atoms with E-state index in [-0.39, 0.29) is 42.2 Å². The molecule has 15 heteroatoms. The summed E-state index contributed by atoms with van der Waals surface area (Å²) in [5.41, 5.74) is -0.190. The number of imidazole rings is 1. The van der Waals surface area contributed by atoms with E-state index < -0.39 is 31.6 Å². The van der Waals surface area contributed by atoms with E-state index in [1.54, 1.807) is 19.2 Å². The Bertz CT molecular complexity index is 1680. The molecule has 4 rings (SSSR count). The molecule has 210 valence electrons. The Kier molecular flexibility index (Phi) is 7.77. The fourth-order valence-corrected chi connectivity index (χ4v) is 4.63. The zero-order valence-corrected chi connectivity index (χ0v) is 22.8. The maximum atomic E-state index is 13.8. The van der Waals surface area contributed by atoms with Crippen molar-refractivity contribution in [3.8, 4) is 11.4 Å². The highest BCUT2D eigenvalue weighted by atomic mass is 31.2. The minimum Gasteiger partial charge on any atom is -0.312 e. The first kappa shape index (κ1) is 28.6. The van der Waals surface area contributed by atoms with Gasteiger partial charge in [-0.2, -0.15) is 9.77 Å². The average Bonchev–Trinajstić information content (AvgIpc) is 3.46. The molecule has 0 aliphatic heterocycles. The Balaban J connectivity index is 1.88. The molecule has 0 unspecified atom stereocenters. The first-order valence-electron chi connectivity index (χ1n) is 12.3. The first-order valence-corrected chi connectivity index (χ1v) is 13.8. The Morgan fingerprint density at radius 3 is 2.46 bits per heavy atom. The summed E-state index contributed by atoms with van der Waals surface area (Å²) in [5.74, 6) is -2.83. The molecular formula is C24H30F2N7O5P. The number of benzene rings is 1. The van der Waals surface area contributed by atoms with Crippen molar-refractivity contribution in [1.29, 1.82) is 0 Å². The van der Waals surface area contributed by atoms with Crippen molar-refractivity contribution in [1.82, 2.24) is 33.1 Å². The lowest BCUT2D eigenvalue weighted by molar-refractivity contribution is 0.0174. The summed E-state index contributed by atoms with van der Waals surface area (Å²) < 4.78 is 45.6. The molecule has 2 N–H and O–H groups in total. The van der Waals surface area contributed by atoms with Crippen LogP contribution in [0, 0.1) is 0 Å². The van der Waals surface area contributed by atoms with E-state index in [9.17, 15) is 32.7 Å². The van der Waals surface area contributed by atoms with Gasteiger partial charge in [0.2, 0.25) is 0 Å². The highest BCUT2D eigenvalue weighted by Crippen LogP contribution is 2.39. The summed E-state index contributed by atoms with van der Waals surface area (Å²) >= 11 is 0. The van der Waals surface area contributed by atoms with Crippen molar-refractivity contribution in [2.45, 2.75) is 59.4 Å². The Morgan fingerprint density at radius 1 is 1.13 bits per heavy atom. The van der Waals surface area contributed by atoms with Gasteiger partial charge in [0.05, 0.1) is 25.0 Å². The SMILES string of the molecule is CCCn1c(=O)c2c(nc(-c3cnn(Cc4cccc(C(C)(F)F)c4)c3)n2CN(C)P(=O)(O)O)n(CC)c1=O. The van der Waals surface area contributed by atoms with Crippen LogP contribution in [0.1, 0.15) is 38.3 Å². The van der Waals surface area contributed by atoms with E-state index in [0.29, 0.717) is 17.5 Å². The highest BCUT2D eigenvalue weighted by molar-refractivity contribution is 7.49. The van der Waals surface area contributed by atoms with Crippen LogP contribution in [0.15, 0.2) is 46.2 Å². The number of nitrogens with zero attached hydrogens (tertiary/aromatic N) is 7. The van der Waals surface area contributed by atoms with Gasteiger partial charge >= 0.3 is 13.4 Å². The average molecular weight is 566 g/mol. The smallest absolute Gasteiger partial charge is 0.312 e. The third-order valence-corrected chi connectivity index (χ3v) is 7.35. The zero-order valence-electron chi connectivity index (χ0n) is 22.0. The van der Waals surface area contributed by atoms with E-state index in [4.69, 9.17) is 0 Å². The second kappa shape index (κ2) is 10.6. The van der Waals surface area contributed by atoms with Crippen LogP contribution in [-0.2, 0) is 36.8 Å². The van der Waals surface area contributed by atoms with E-state index >= 15 is 0 Å². The molecule has 0 radical (unpaired) electrons. The van der Waals surface area contributed by atoms with Crippen molar-refractivity contribution >= 4 is 18.9 Å². The van der Waals surface area contributed by atoms with Gasteiger partial charge in [0.1, 0.15) is 5.82 Å². The monoisotopic (exact) mass is 565 g/mol. The van der Waals surface area contributed by atoms with E-state index in [1.165, 1.54) is 45.3 Å². The highest BCUT2D eigenvalue weighted by Gasteiger charge is 2.28. The van der Waals surface area contributed by atoms with Crippen LogP contribution in [-0.4, -0.2) is 50.0 Å². The molecular weight excluding hydrogens is 535 g/mol. The largest absolute Gasteiger partial charge is 0.404 e. The van der Waals surface area contributed by atoms with Crippen LogP contribution in [0.3, 0.4) is 0 Å². The predicted octanol–water partition coefficient (Wildman–Crippen LogP) is 2.80. The number of alkyl halides is 2. The van der Waals surface area contributed by atoms with Crippen LogP contribution < -0.4 is 11.2 Å². The molecule has 1 aromatic carbocycles. The predicted molar refractivity (Wildman–Crippen MR) is 140 cm³/mol. The molecule has 3 heterocycles. The van der Waals surface area contributed by atoms with Gasteiger partial charge in [-0.15, -0.1) is 0 Å². The van der Waals surface area contributed by atoms with Crippen molar-refractivity contribution in [3.63, 3.8) is 0 Å². The molecule has 0 aliphatic rings. The number of aryl methyl sites for hydroxylation is 1. The van der Waals surface area contributed by atoms with Gasteiger partial charge in [0.25, 0.3) is 11.5 Å². The second-order valence-electron chi connectivity index (χ2n) is 9.35. The minimum absolute atomic E-state index is 0.0193. The molecule has 0 aliphatic carbocycles. The van der Waals surface area contributed by atoms with Crippen molar-refractivity contribution in [2.75, 3.05) is 7.05 Å². The number of halogens is 2. The third-order valence-electron chi connectivity index (χ3n) is 6.34. The van der Waals surface area contributed by atoms with Gasteiger partial charge < -0.3 is 14.4 Å². The fraction of sp³-hybridized carbons (Fsp3) is 0.417. The number of aromatic nitrogens is 6. The van der Waals surface area contributed by atoms with Crippen LogP contribution in [0.5, 0.6) is 0 Å². The van der Waals surface area contributed by atoms with Gasteiger partial charge in [0, 0.05) is 31.8 Å². The summed E-state index contributed by atoms with van der Waals surface area (Å²) in [7, 11) is -3.48. The van der Waals surface area contributed by atoms with Crippen LogP contribution in [0.25, 0.3) is 22.6 Å². The van der Waals surface area contributed by atoms with Gasteiger partial charge in [-0.1, -0.05) is 25.1 Å². The topological polar surface area (TPSA) is 140 Å². The van der Waals surface area contributed by atoms with E-state index in [0.717, 1.165) is 16.2 Å². The quantitative estimate of drug-likeness (QED) is 0.280. The van der Waals surface area contributed by atoms with Gasteiger partial charge in [-0.25, -0.2) is 23.1 Å². The lowest BCUT2D eigenvalue weighted by atomic mass is 10.1. The minimum atomic E-state index is -4.69. The molecule has 4 aromatic rings. The number of hydrogen-bond acceptors (Lipinski definition) is 5. The molecule has 0 saturated heterocycles. The van der Waals surface area contributed by atoms with Crippen LogP contribution >= 0.6 is 7.75 Å². The number of fused-ring (bicyclic) bond motifs is 1. The third kappa shape index (κ3) is 5.64. The fourth-order valence-electron chi connectivity index (χ4n) is 4.34. The molecule has 0 atom stereocenters. The summed E-state index contributed by atoms with van der Waals surface area (Å²) in [6, 6.07) is 5.96. The second-order valence-corrected chi connectivity index (χ2v) is 11.1. The van der Waals surface area contributed by atoms with E-state index in [2.05, 4.69) is 10.1 Å². The molecule has 3 aromatic heterocycles. The standard InChI is InChI=1S/C24H30F2N7O5P/c1-5-10-32-22(34)19-21(31(6-2)23(32)35)28-20(33(19)15-29(4)39(36,37)38)17-12-27-30(14-17)13-16-8-7-9-18(11-16)24(3,25)26/h7-9,11-12,14H,5-6,10,13,15H2,1-4H3,(H2,36,37,38). The van der Waals surface area contributed by atoms with Gasteiger partial charge in [0.15, 0.2) is 11.2 Å². The summed E-state index contributed by atoms with van der Waals surface area (Å²) in [5, 5.41) is 4.31. The van der Waals surface area contributed by atoms with Crippen molar-refractivity contribution in [2.24, 2.45) is 0 Å². The van der Waals surface area contributed by atoms with Crippen molar-refractivity contribution < 1.29 is 23.1 Å². The Labute approximate surface area is 222 Å². The maximum Gasteiger partial charge on any atom is 0.404 e. The van der Waals surface area contributed by atoms with Gasteiger partial charge in [-0.05, 0) is 32.0 Å². The van der Waals surface area contributed by atoms with Gasteiger partial charge in [-0.3, -0.25) is 18.6 Å². The number of hydrogen-bond donors (Lipinski definition) is 2. The molecule has 0 saturated carbocycles. The summed E-state index contributed by atoms with van der Waals surface area (Å²) in [6.45, 7) is 4.50. The lowest BCUT2D eigenvalue weighted by Gasteiger charge is -2.20. The van der Waals surface area contributed by atoms with Crippen LogP contribution in [0.2, 0.25) is 0 Å². The lowest BCUT2D eigenvalue weighted by Crippen LogP contribution is -2.40. The normalized spacial score (nSPS) is 12.6. The molecule has 0 amide bonds. The molecule has 0 bridgehead atoms. The molecule has 0 spiro atoms. The molecule has 12 nitrogen and oxygen atoms in total. The van der Waals surface area contributed by atoms with E-state index in [1.807, 2.05) is 6.92 Å². The number of rotatable bonds is 10.